The van der Waals surface area contributed by atoms with E-state index in [9.17, 15) is 4.79 Å². The molecule has 1 N–H and O–H groups in total. The maximum Gasteiger partial charge on any atom is 0.322 e. The van der Waals surface area contributed by atoms with Crippen molar-refractivity contribution in [2.24, 2.45) is 5.92 Å². The second kappa shape index (κ2) is 9.88. The Morgan fingerprint density at radius 1 is 1.18 bits per heavy atom. The van der Waals surface area contributed by atoms with Crippen LogP contribution in [0.2, 0.25) is 10.0 Å². The summed E-state index contributed by atoms with van der Waals surface area (Å²) in [5.41, 5.74) is 1.91. The summed E-state index contributed by atoms with van der Waals surface area (Å²) >= 11 is 14.3. The minimum atomic E-state index is -0.184. The number of nitrogens with zero attached hydrogens (tertiary/aromatic N) is 4. The number of piperazine rings is 1. The van der Waals surface area contributed by atoms with E-state index < -0.39 is 0 Å². The largest absolute Gasteiger partial charge is 0.352 e. The van der Waals surface area contributed by atoms with E-state index in [-0.39, 0.29) is 6.03 Å². The number of aryl methyl sites for hydroxylation is 2. The van der Waals surface area contributed by atoms with Crippen LogP contribution in [-0.4, -0.2) is 47.1 Å². The lowest BCUT2D eigenvalue weighted by molar-refractivity contribution is 0.208. The highest BCUT2D eigenvalue weighted by atomic mass is 35.5. The van der Waals surface area contributed by atoms with Crippen molar-refractivity contribution in [3.63, 3.8) is 0 Å². The molecule has 2 amide bonds. The first kappa shape index (κ1) is 23.6. The second-order valence-electron chi connectivity index (χ2n) is 9.25. The number of anilines is 2. The fourth-order valence-electron chi connectivity index (χ4n) is 4.85. The van der Waals surface area contributed by atoms with Crippen LogP contribution >= 0.6 is 34.5 Å². The van der Waals surface area contributed by atoms with Crippen molar-refractivity contribution in [1.82, 2.24) is 14.9 Å². The molecule has 34 heavy (non-hydrogen) atoms. The van der Waals surface area contributed by atoms with Gasteiger partial charge in [0.05, 0.1) is 21.1 Å². The van der Waals surface area contributed by atoms with E-state index in [4.69, 9.17) is 33.2 Å². The lowest BCUT2D eigenvalue weighted by Crippen LogP contribution is -2.50. The highest BCUT2D eigenvalue weighted by Crippen LogP contribution is 2.41. The van der Waals surface area contributed by atoms with Gasteiger partial charge >= 0.3 is 6.03 Å². The van der Waals surface area contributed by atoms with Crippen molar-refractivity contribution >= 4 is 62.3 Å². The van der Waals surface area contributed by atoms with Crippen LogP contribution in [0.15, 0.2) is 18.2 Å². The number of rotatable bonds is 4. The van der Waals surface area contributed by atoms with Gasteiger partial charge in [-0.15, -0.1) is 11.3 Å². The molecule has 3 heterocycles. The van der Waals surface area contributed by atoms with Gasteiger partial charge in [0.1, 0.15) is 16.5 Å². The first-order valence-corrected chi connectivity index (χ1v) is 13.6. The Hall–Kier alpha value is -2.09. The smallest absolute Gasteiger partial charge is 0.322 e. The highest BCUT2D eigenvalue weighted by Gasteiger charge is 2.29. The number of amides is 2. The molecule has 1 fully saturated rings. The lowest BCUT2D eigenvalue weighted by atomic mass is 9.89. The van der Waals surface area contributed by atoms with Gasteiger partial charge in [-0.3, -0.25) is 0 Å². The van der Waals surface area contributed by atoms with E-state index >= 15 is 0 Å². The number of nitrogens with one attached hydrogen (secondary N) is 1. The van der Waals surface area contributed by atoms with Gasteiger partial charge in [-0.25, -0.2) is 14.8 Å². The zero-order chi connectivity index (χ0) is 23.8. The molecule has 1 aliphatic heterocycles. The quantitative estimate of drug-likeness (QED) is 0.433. The number of urea groups is 1. The average molecular weight is 519 g/mol. The number of halogens is 2. The summed E-state index contributed by atoms with van der Waals surface area (Å²) in [6, 6.07) is 5.02. The second-order valence-corrected chi connectivity index (χ2v) is 11.1. The first-order chi connectivity index (χ1) is 16.4. The molecule has 9 heteroatoms. The van der Waals surface area contributed by atoms with Gasteiger partial charge in [-0.05, 0) is 49.3 Å². The summed E-state index contributed by atoms with van der Waals surface area (Å²) in [6.45, 7) is 7.15. The van der Waals surface area contributed by atoms with Gasteiger partial charge in [0, 0.05) is 37.5 Å². The topological polar surface area (TPSA) is 61.4 Å². The number of benzene rings is 1. The van der Waals surface area contributed by atoms with E-state index in [1.807, 2.05) is 16.2 Å². The van der Waals surface area contributed by atoms with Gasteiger partial charge in [0.2, 0.25) is 0 Å². The molecule has 3 aromatic rings. The molecule has 0 bridgehead atoms. The summed E-state index contributed by atoms with van der Waals surface area (Å²) < 4.78 is 0. The van der Waals surface area contributed by atoms with Crippen LogP contribution in [0.1, 0.15) is 43.0 Å². The third kappa shape index (κ3) is 4.58. The predicted octanol–water partition coefficient (Wildman–Crippen LogP) is 6.43. The molecule has 6 nitrogen and oxygen atoms in total. The van der Waals surface area contributed by atoms with E-state index in [0.29, 0.717) is 28.8 Å². The summed E-state index contributed by atoms with van der Waals surface area (Å²) in [7, 11) is 0. The Bertz CT molecular complexity index is 1200. The monoisotopic (exact) mass is 517 g/mol. The molecule has 1 aromatic carbocycles. The summed E-state index contributed by atoms with van der Waals surface area (Å²) in [5.74, 6) is 2.70. The molecule has 5 rings (SSSR count). The molecule has 0 saturated carbocycles. The molecule has 2 aliphatic rings. The van der Waals surface area contributed by atoms with E-state index in [0.717, 1.165) is 61.2 Å². The maximum absolute atomic E-state index is 12.9. The standard InChI is InChI=1S/C25H29Cl2N5OS/c1-3-5-20-28-23(21-16-9-8-15(2)14-19(16)34-24(21)29-20)31-10-12-32(13-11-31)25(33)30-22-17(26)6-4-7-18(22)27/h4,6-7,15H,3,5,8-14H2,1-2H3,(H,30,33). The Morgan fingerprint density at radius 3 is 2.62 bits per heavy atom. The van der Waals surface area contributed by atoms with Crippen LogP contribution in [0.5, 0.6) is 0 Å². The normalized spacial score (nSPS) is 18.3. The van der Waals surface area contributed by atoms with Gasteiger partial charge in [-0.2, -0.15) is 0 Å². The Balaban J connectivity index is 1.37. The van der Waals surface area contributed by atoms with Crippen LogP contribution in [0.4, 0.5) is 16.3 Å². The maximum atomic E-state index is 12.9. The molecular formula is C25H29Cl2N5OS. The molecule has 2 aromatic heterocycles. The van der Waals surface area contributed by atoms with Crippen molar-refractivity contribution < 1.29 is 4.79 Å². The van der Waals surface area contributed by atoms with Crippen LogP contribution in [0, 0.1) is 5.92 Å². The SMILES string of the molecule is CCCc1nc(N2CCN(C(=O)Nc3c(Cl)cccc3Cl)CC2)c2c3c(sc2n1)CC(C)CC3. The molecule has 1 atom stereocenters. The van der Waals surface area contributed by atoms with E-state index in [1.165, 1.54) is 22.2 Å². The van der Waals surface area contributed by atoms with Crippen LogP contribution < -0.4 is 10.2 Å². The summed E-state index contributed by atoms with van der Waals surface area (Å²) in [4.78, 5) is 29.6. The van der Waals surface area contributed by atoms with Crippen LogP contribution in [0.25, 0.3) is 10.2 Å². The number of carbonyl (C=O) groups is 1. The molecular weight excluding hydrogens is 489 g/mol. The van der Waals surface area contributed by atoms with Crippen molar-refractivity contribution in [2.45, 2.75) is 46.0 Å². The number of hydrogen-bond donors (Lipinski definition) is 1. The lowest BCUT2D eigenvalue weighted by Gasteiger charge is -2.36. The third-order valence-corrected chi connectivity index (χ3v) is 8.50. The highest BCUT2D eigenvalue weighted by molar-refractivity contribution is 7.19. The van der Waals surface area contributed by atoms with Crippen molar-refractivity contribution in [1.29, 1.82) is 0 Å². The molecule has 0 radical (unpaired) electrons. The zero-order valence-corrected chi connectivity index (χ0v) is 21.9. The van der Waals surface area contributed by atoms with E-state index in [2.05, 4.69) is 24.1 Å². The fourth-order valence-corrected chi connectivity index (χ4v) is 6.74. The van der Waals surface area contributed by atoms with Gasteiger partial charge in [0.15, 0.2) is 0 Å². The van der Waals surface area contributed by atoms with E-state index in [1.54, 1.807) is 18.2 Å². The third-order valence-electron chi connectivity index (χ3n) is 6.72. The van der Waals surface area contributed by atoms with Crippen molar-refractivity contribution in [2.75, 3.05) is 36.4 Å². The molecule has 1 saturated heterocycles. The number of hydrogen-bond acceptors (Lipinski definition) is 5. The molecule has 1 aliphatic carbocycles. The fraction of sp³-hybridized carbons (Fsp3) is 0.480. The predicted molar refractivity (Wildman–Crippen MR) is 142 cm³/mol. The van der Waals surface area contributed by atoms with Gasteiger partial charge in [0.25, 0.3) is 0 Å². The average Bonchev–Trinajstić information content (AvgIpc) is 3.18. The van der Waals surface area contributed by atoms with Crippen molar-refractivity contribution in [3.05, 3.63) is 44.5 Å². The van der Waals surface area contributed by atoms with Crippen molar-refractivity contribution in [3.8, 4) is 0 Å². The molecule has 1 unspecified atom stereocenters. The van der Waals surface area contributed by atoms with Crippen LogP contribution in [0.3, 0.4) is 0 Å². The Kier molecular flexibility index (Phi) is 6.87. The zero-order valence-electron chi connectivity index (χ0n) is 19.5. The minimum Gasteiger partial charge on any atom is -0.352 e. The number of carbonyl (C=O) groups excluding carboxylic acids is 1. The van der Waals surface area contributed by atoms with Crippen LogP contribution in [-0.2, 0) is 19.3 Å². The molecule has 180 valence electrons. The van der Waals surface area contributed by atoms with Gasteiger partial charge in [-0.1, -0.05) is 43.1 Å². The number of fused-ring (bicyclic) bond motifs is 3. The first-order valence-electron chi connectivity index (χ1n) is 12.0. The number of aromatic nitrogens is 2. The Morgan fingerprint density at radius 2 is 1.91 bits per heavy atom. The summed E-state index contributed by atoms with van der Waals surface area (Å²) in [5, 5.41) is 4.99. The molecule has 0 spiro atoms. The number of para-hydroxylation sites is 1. The summed E-state index contributed by atoms with van der Waals surface area (Å²) in [6.07, 6.45) is 5.35. The number of thiophene rings is 1. The Labute approximate surface area is 214 Å². The minimum absolute atomic E-state index is 0.184. The van der Waals surface area contributed by atoms with Gasteiger partial charge < -0.3 is 15.1 Å².